The molecule has 0 unspecified atom stereocenters. The number of carbonyl (C=O) groups is 2. The molecule has 1 aromatic heterocycles. The van der Waals surface area contributed by atoms with Crippen LogP contribution in [0.5, 0.6) is 5.75 Å². The van der Waals surface area contributed by atoms with E-state index in [1.165, 1.54) is 43.2 Å². The van der Waals surface area contributed by atoms with Crippen LogP contribution in [0.1, 0.15) is 22.0 Å². The van der Waals surface area contributed by atoms with Crippen molar-refractivity contribution in [2.24, 2.45) is 0 Å². The molecule has 4 rings (SSSR count). The molecular formula is C20H16FN5O4. The first-order valence-electron chi connectivity index (χ1n) is 8.85. The van der Waals surface area contributed by atoms with Gasteiger partial charge < -0.3 is 14.8 Å². The molecule has 0 saturated carbocycles. The number of ether oxygens (including phenoxy) is 2. The fourth-order valence-electron chi connectivity index (χ4n) is 3.24. The lowest BCUT2D eigenvalue weighted by Gasteiger charge is -2.28. The predicted octanol–water partition coefficient (Wildman–Crippen LogP) is 2.15. The van der Waals surface area contributed by atoms with E-state index >= 15 is 0 Å². The summed E-state index contributed by atoms with van der Waals surface area (Å²) in [5, 5.41) is 14.3. The Balaban J connectivity index is 1.92. The number of ketones is 1. The Labute approximate surface area is 170 Å². The zero-order chi connectivity index (χ0) is 21.3. The molecule has 2 heterocycles. The predicted molar refractivity (Wildman–Crippen MR) is 102 cm³/mol. The maximum atomic E-state index is 13.4. The molecule has 30 heavy (non-hydrogen) atoms. The number of hydrogen-bond donors (Lipinski definition) is 1. The van der Waals surface area contributed by atoms with Crippen LogP contribution >= 0.6 is 0 Å². The van der Waals surface area contributed by atoms with E-state index < -0.39 is 23.6 Å². The zero-order valence-electron chi connectivity index (χ0n) is 16.0. The van der Waals surface area contributed by atoms with Crippen LogP contribution < -0.4 is 10.1 Å². The number of rotatable bonds is 5. The molecule has 2 aromatic carbocycles. The first kappa shape index (κ1) is 19.2. The molecule has 0 bridgehead atoms. The van der Waals surface area contributed by atoms with Crippen LogP contribution in [-0.4, -0.2) is 46.2 Å². The van der Waals surface area contributed by atoms with Gasteiger partial charge in [-0.15, -0.1) is 0 Å². The second-order valence-corrected chi connectivity index (χ2v) is 6.36. The van der Waals surface area contributed by atoms with E-state index in [0.29, 0.717) is 11.3 Å². The third kappa shape index (κ3) is 3.28. The minimum Gasteiger partial charge on any atom is -0.497 e. The van der Waals surface area contributed by atoms with Crippen molar-refractivity contribution in [3.63, 3.8) is 0 Å². The average Bonchev–Trinajstić information content (AvgIpc) is 3.26. The van der Waals surface area contributed by atoms with Crippen molar-refractivity contribution in [1.29, 1.82) is 0 Å². The Bertz CT molecular complexity index is 1140. The van der Waals surface area contributed by atoms with Crippen LogP contribution in [0.2, 0.25) is 0 Å². The van der Waals surface area contributed by atoms with Crippen molar-refractivity contribution in [3.8, 4) is 5.75 Å². The molecule has 1 atom stereocenters. The van der Waals surface area contributed by atoms with Crippen molar-refractivity contribution in [2.75, 3.05) is 19.5 Å². The van der Waals surface area contributed by atoms with Crippen LogP contribution in [0.4, 0.5) is 10.3 Å². The number of carbonyl (C=O) groups excluding carboxylic acids is 2. The van der Waals surface area contributed by atoms with Gasteiger partial charge in [0.25, 0.3) is 0 Å². The number of halogens is 1. The highest BCUT2D eigenvalue weighted by Gasteiger charge is 2.38. The Morgan fingerprint density at radius 2 is 1.77 bits per heavy atom. The molecule has 1 N–H and O–H groups in total. The first-order chi connectivity index (χ1) is 14.5. The number of fused-ring (bicyclic) bond motifs is 1. The van der Waals surface area contributed by atoms with Gasteiger partial charge >= 0.3 is 5.97 Å². The van der Waals surface area contributed by atoms with Crippen molar-refractivity contribution < 1.29 is 23.5 Å². The molecule has 1 aliphatic rings. The quantitative estimate of drug-likeness (QED) is 0.504. The van der Waals surface area contributed by atoms with E-state index in [2.05, 4.69) is 20.8 Å². The minimum absolute atomic E-state index is 0.0680. The fourth-order valence-corrected chi connectivity index (χ4v) is 3.24. The number of tetrazole rings is 1. The van der Waals surface area contributed by atoms with Gasteiger partial charge in [-0.2, -0.15) is 4.68 Å². The molecule has 9 nitrogen and oxygen atoms in total. The molecule has 0 amide bonds. The standard InChI is InChI=1S/C20H16FN5O4/c1-29-14-9-5-11(6-10-14)17-15(18(27)12-3-7-13(21)8-4-12)16(19(28)30-2)22-20-23-24-25-26(17)20/h3-10,17H,1-2H3,(H,22,23,25)/t17-/m0/s1. The van der Waals surface area contributed by atoms with Gasteiger partial charge in [-0.1, -0.05) is 17.2 Å². The molecule has 0 radical (unpaired) electrons. The number of anilines is 1. The van der Waals surface area contributed by atoms with Crippen molar-refractivity contribution in [2.45, 2.75) is 6.04 Å². The highest BCUT2D eigenvalue weighted by molar-refractivity contribution is 6.14. The number of methoxy groups -OCH3 is 2. The van der Waals surface area contributed by atoms with Crippen LogP contribution in [0, 0.1) is 5.82 Å². The van der Waals surface area contributed by atoms with Crippen LogP contribution in [0.25, 0.3) is 0 Å². The highest BCUT2D eigenvalue weighted by Crippen LogP contribution is 2.37. The minimum atomic E-state index is -0.825. The summed E-state index contributed by atoms with van der Waals surface area (Å²) in [6.07, 6.45) is 0. The van der Waals surface area contributed by atoms with Gasteiger partial charge in [0.2, 0.25) is 5.95 Å². The summed E-state index contributed by atoms with van der Waals surface area (Å²) < 4.78 is 24.8. The lowest BCUT2D eigenvalue weighted by Crippen LogP contribution is -2.32. The summed E-state index contributed by atoms with van der Waals surface area (Å²) in [6.45, 7) is 0. The van der Waals surface area contributed by atoms with Crippen LogP contribution in [0.3, 0.4) is 0 Å². The van der Waals surface area contributed by atoms with Gasteiger partial charge in [0, 0.05) is 5.56 Å². The SMILES string of the molecule is COC(=O)C1=C(C(=O)c2ccc(F)cc2)[C@H](c2ccc(OC)cc2)n2nnnc2N1. The summed E-state index contributed by atoms with van der Waals surface area (Å²) in [5.74, 6) is -0.942. The monoisotopic (exact) mass is 409 g/mol. The summed E-state index contributed by atoms with van der Waals surface area (Å²) >= 11 is 0. The number of aromatic nitrogens is 4. The smallest absolute Gasteiger partial charge is 0.355 e. The van der Waals surface area contributed by atoms with Crippen molar-refractivity contribution in [1.82, 2.24) is 20.2 Å². The Hall–Kier alpha value is -4.08. The third-order valence-corrected chi connectivity index (χ3v) is 4.69. The van der Waals surface area contributed by atoms with Crippen molar-refractivity contribution >= 4 is 17.7 Å². The van der Waals surface area contributed by atoms with Gasteiger partial charge in [-0.05, 0) is 52.4 Å². The van der Waals surface area contributed by atoms with E-state index in [9.17, 15) is 14.0 Å². The second-order valence-electron chi connectivity index (χ2n) is 6.36. The summed E-state index contributed by atoms with van der Waals surface area (Å²) in [7, 11) is 2.74. The number of esters is 1. The first-order valence-corrected chi connectivity index (χ1v) is 8.85. The summed E-state index contributed by atoms with van der Waals surface area (Å²) in [4.78, 5) is 26.0. The fraction of sp³-hybridized carbons (Fsp3) is 0.150. The molecule has 3 aromatic rings. The van der Waals surface area contributed by atoms with E-state index in [0.717, 1.165) is 0 Å². The van der Waals surface area contributed by atoms with Gasteiger partial charge in [0.15, 0.2) is 5.78 Å². The van der Waals surface area contributed by atoms with Crippen LogP contribution in [0.15, 0.2) is 59.8 Å². The van der Waals surface area contributed by atoms with E-state index in [4.69, 9.17) is 9.47 Å². The zero-order valence-corrected chi connectivity index (χ0v) is 16.0. The molecular weight excluding hydrogens is 393 g/mol. The molecule has 0 spiro atoms. The number of nitrogens with one attached hydrogen (secondary N) is 1. The molecule has 10 heteroatoms. The number of Topliss-reactive ketones (excluding diaryl/α,β-unsaturated/α-hetero) is 1. The maximum Gasteiger partial charge on any atom is 0.355 e. The Kier molecular flexibility index (Phi) is 4.97. The number of allylic oxidation sites excluding steroid dienone is 1. The number of nitrogens with zero attached hydrogens (tertiary/aromatic N) is 4. The van der Waals surface area contributed by atoms with Crippen LogP contribution in [-0.2, 0) is 9.53 Å². The van der Waals surface area contributed by atoms with Crippen molar-refractivity contribution in [3.05, 3.63) is 76.7 Å². The Morgan fingerprint density at radius 1 is 1.07 bits per heavy atom. The number of benzene rings is 2. The lowest BCUT2D eigenvalue weighted by molar-refractivity contribution is -0.136. The van der Waals surface area contributed by atoms with Gasteiger partial charge in [-0.3, -0.25) is 4.79 Å². The summed E-state index contributed by atoms with van der Waals surface area (Å²) in [5.41, 5.74) is 0.815. The average molecular weight is 409 g/mol. The van der Waals surface area contributed by atoms with Gasteiger partial charge in [0.1, 0.15) is 23.3 Å². The molecule has 0 aliphatic carbocycles. The molecule has 152 valence electrons. The normalized spacial score (nSPS) is 15.2. The largest absolute Gasteiger partial charge is 0.497 e. The van der Waals surface area contributed by atoms with Gasteiger partial charge in [-0.25, -0.2) is 9.18 Å². The highest BCUT2D eigenvalue weighted by atomic mass is 19.1. The Morgan fingerprint density at radius 3 is 2.40 bits per heavy atom. The topological polar surface area (TPSA) is 108 Å². The molecule has 0 fully saturated rings. The van der Waals surface area contributed by atoms with Gasteiger partial charge in [0.05, 0.1) is 19.8 Å². The third-order valence-electron chi connectivity index (χ3n) is 4.69. The number of hydrogen-bond acceptors (Lipinski definition) is 8. The van der Waals surface area contributed by atoms with E-state index in [-0.39, 0.29) is 22.8 Å². The second kappa shape index (κ2) is 7.74. The molecule has 0 saturated heterocycles. The summed E-state index contributed by atoms with van der Waals surface area (Å²) in [6, 6.07) is 11.1. The lowest BCUT2D eigenvalue weighted by atomic mass is 9.89. The maximum absolute atomic E-state index is 13.4. The van der Waals surface area contributed by atoms with E-state index in [1.807, 2.05) is 0 Å². The van der Waals surface area contributed by atoms with E-state index in [1.54, 1.807) is 24.3 Å². The molecule has 1 aliphatic heterocycles.